The number of aromatic amines is 1. The van der Waals surface area contributed by atoms with Crippen LogP contribution in [0.3, 0.4) is 0 Å². The van der Waals surface area contributed by atoms with Gasteiger partial charge in [0.2, 0.25) is 0 Å². The zero-order valence-corrected chi connectivity index (χ0v) is 13.4. The van der Waals surface area contributed by atoms with Crippen molar-refractivity contribution in [2.24, 2.45) is 0 Å². The molecule has 25 heavy (non-hydrogen) atoms. The molecule has 0 saturated heterocycles. The van der Waals surface area contributed by atoms with Crippen molar-refractivity contribution in [2.75, 3.05) is 18.1 Å². The number of carbonyl (C=O) groups excluding carboxylic acids is 2. The van der Waals surface area contributed by atoms with Gasteiger partial charge in [-0.3, -0.25) is 23.9 Å². The average molecular weight is 343 g/mol. The van der Waals surface area contributed by atoms with E-state index in [1.807, 2.05) is 29.2 Å². The maximum absolute atomic E-state index is 12.4. The van der Waals surface area contributed by atoms with Gasteiger partial charge >= 0.3 is 11.7 Å². The van der Waals surface area contributed by atoms with Gasteiger partial charge in [-0.1, -0.05) is 18.2 Å². The minimum absolute atomic E-state index is 0.311. The first-order chi connectivity index (χ1) is 12.0. The third kappa shape index (κ3) is 3.85. The van der Waals surface area contributed by atoms with Crippen LogP contribution in [0.1, 0.15) is 12.0 Å². The molecule has 130 valence electrons. The van der Waals surface area contributed by atoms with Gasteiger partial charge in [0.25, 0.3) is 11.5 Å². The number of nitrogens with one attached hydrogen (secondary N) is 1. The van der Waals surface area contributed by atoms with Crippen LogP contribution in [0.15, 0.2) is 46.1 Å². The van der Waals surface area contributed by atoms with E-state index in [1.54, 1.807) is 4.90 Å². The number of nitrogens with zero attached hydrogens (tertiary/aromatic N) is 2. The first kappa shape index (κ1) is 16.7. The number of rotatable bonds is 4. The van der Waals surface area contributed by atoms with Crippen LogP contribution >= 0.6 is 0 Å². The first-order valence-corrected chi connectivity index (χ1v) is 7.88. The molecule has 0 atom stereocenters. The molecule has 0 radical (unpaired) electrons. The van der Waals surface area contributed by atoms with E-state index in [2.05, 4.69) is 0 Å². The molecular formula is C17H17N3O5. The number of para-hydroxylation sites is 1. The summed E-state index contributed by atoms with van der Waals surface area (Å²) in [5.74, 6) is -1.04. The highest BCUT2D eigenvalue weighted by molar-refractivity contribution is 5.96. The molecule has 1 amide bonds. The average Bonchev–Trinajstić information content (AvgIpc) is 2.61. The number of H-pyrrole nitrogens is 1. The Labute approximate surface area is 142 Å². The lowest BCUT2D eigenvalue weighted by Crippen LogP contribution is -2.39. The monoisotopic (exact) mass is 343 g/mol. The molecule has 1 aromatic heterocycles. The Morgan fingerprint density at radius 1 is 1.16 bits per heavy atom. The van der Waals surface area contributed by atoms with Crippen molar-refractivity contribution in [1.82, 2.24) is 9.55 Å². The van der Waals surface area contributed by atoms with E-state index < -0.39 is 23.8 Å². The van der Waals surface area contributed by atoms with Gasteiger partial charge in [0, 0.05) is 24.5 Å². The second-order valence-corrected chi connectivity index (χ2v) is 5.68. The molecule has 1 aliphatic rings. The molecule has 0 saturated carbocycles. The molecule has 0 aliphatic carbocycles. The molecule has 1 aliphatic heterocycles. The van der Waals surface area contributed by atoms with Crippen molar-refractivity contribution in [2.45, 2.75) is 19.4 Å². The van der Waals surface area contributed by atoms with Crippen molar-refractivity contribution in [1.29, 1.82) is 0 Å². The first-order valence-electron chi connectivity index (χ1n) is 7.88. The predicted octanol–water partition coefficient (Wildman–Crippen LogP) is 0.0592. The molecule has 1 N–H and O–H groups in total. The summed E-state index contributed by atoms with van der Waals surface area (Å²) in [6.07, 6.45) is 2.96. The smallest absolute Gasteiger partial charge is 0.328 e. The largest absolute Gasteiger partial charge is 0.454 e. The minimum atomic E-state index is -0.729. The van der Waals surface area contributed by atoms with E-state index in [1.165, 1.54) is 6.20 Å². The summed E-state index contributed by atoms with van der Waals surface area (Å²) in [7, 11) is 0. The number of aryl methyl sites for hydroxylation is 1. The van der Waals surface area contributed by atoms with Gasteiger partial charge in [0.05, 0.1) is 0 Å². The highest BCUT2D eigenvalue weighted by Crippen LogP contribution is 2.26. The topological polar surface area (TPSA) is 101 Å². The van der Waals surface area contributed by atoms with E-state index in [-0.39, 0.29) is 12.5 Å². The maximum Gasteiger partial charge on any atom is 0.328 e. The van der Waals surface area contributed by atoms with Gasteiger partial charge < -0.3 is 9.64 Å². The summed E-state index contributed by atoms with van der Waals surface area (Å²) in [5, 5.41) is 0. The van der Waals surface area contributed by atoms with E-state index in [9.17, 15) is 19.2 Å². The van der Waals surface area contributed by atoms with Crippen molar-refractivity contribution in [3.63, 3.8) is 0 Å². The van der Waals surface area contributed by atoms with Crippen molar-refractivity contribution < 1.29 is 14.3 Å². The van der Waals surface area contributed by atoms with Gasteiger partial charge in [0.15, 0.2) is 6.61 Å². The van der Waals surface area contributed by atoms with E-state index in [4.69, 9.17) is 4.74 Å². The summed E-state index contributed by atoms with van der Waals surface area (Å²) in [6.45, 7) is -0.197. The van der Waals surface area contributed by atoms with Crippen molar-refractivity contribution >= 4 is 17.6 Å². The maximum atomic E-state index is 12.4. The Morgan fingerprint density at radius 3 is 2.76 bits per heavy atom. The Kier molecular flexibility index (Phi) is 4.78. The van der Waals surface area contributed by atoms with Gasteiger partial charge in [-0.25, -0.2) is 4.79 Å². The molecule has 0 unspecified atom stereocenters. The molecule has 3 rings (SSSR count). The summed E-state index contributed by atoms with van der Waals surface area (Å²) < 4.78 is 5.98. The summed E-state index contributed by atoms with van der Waals surface area (Å²) in [6, 6.07) is 8.76. The quantitative estimate of drug-likeness (QED) is 0.791. The van der Waals surface area contributed by atoms with Gasteiger partial charge in [-0.05, 0) is 24.5 Å². The van der Waals surface area contributed by atoms with Crippen LogP contribution in [0.25, 0.3) is 0 Å². The SMILES string of the molecule is O=C(Cn1ccc(=O)[nH]c1=O)OCC(=O)N1CCCc2ccccc21. The Morgan fingerprint density at radius 2 is 1.96 bits per heavy atom. The fourth-order valence-corrected chi connectivity index (χ4v) is 2.77. The summed E-state index contributed by atoms with van der Waals surface area (Å²) in [5.41, 5.74) is 0.675. The number of amides is 1. The number of esters is 1. The Bertz CT molecular complexity index is 915. The normalized spacial score (nSPS) is 13.2. The fraction of sp³-hybridized carbons (Fsp3) is 0.294. The molecule has 2 heterocycles. The number of aromatic nitrogens is 2. The van der Waals surface area contributed by atoms with Crippen LogP contribution in [0.4, 0.5) is 5.69 Å². The molecule has 0 fully saturated rings. The predicted molar refractivity (Wildman–Crippen MR) is 89.4 cm³/mol. The van der Waals surface area contributed by atoms with Crippen LogP contribution in [-0.4, -0.2) is 34.6 Å². The number of fused-ring (bicyclic) bond motifs is 1. The number of hydrogen-bond donors (Lipinski definition) is 1. The lowest BCUT2D eigenvalue weighted by molar-refractivity contribution is -0.148. The van der Waals surface area contributed by atoms with Gasteiger partial charge in [-0.15, -0.1) is 0 Å². The second-order valence-electron chi connectivity index (χ2n) is 5.68. The van der Waals surface area contributed by atoms with Gasteiger partial charge in [-0.2, -0.15) is 0 Å². The molecule has 1 aromatic carbocycles. The number of anilines is 1. The second kappa shape index (κ2) is 7.16. The van der Waals surface area contributed by atoms with Gasteiger partial charge in [0.1, 0.15) is 6.54 Å². The standard InChI is InChI=1S/C17H17N3O5/c21-14-7-9-19(17(24)18-14)10-16(23)25-11-15(22)20-8-3-5-12-4-1-2-6-13(12)20/h1-2,4,6-7,9H,3,5,8,10-11H2,(H,18,21,24). The lowest BCUT2D eigenvalue weighted by atomic mass is 10.0. The number of carbonyl (C=O) groups is 2. The number of hydrogen-bond acceptors (Lipinski definition) is 5. The molecule has 2 aromatic rings. The van der Waals surface area contributed by atoms with Crippen LogP contribution < -0.4 is 16.1 Å². The molecular weight excluding hydrogens is 326 g/mol. The zero-order valence-electron chi connectivity index (χ0n) is 13.4. The van der Waals surface area contributed by atoms with Crippen molar-refractivity contribution in [3.05, 3.63) is 62.9 Å². The van der Waals surface area contributed by atoms with Crippen LogP contribution in [-0.2, 0) is 27.3 Å². The fourth-order valence-electron chi connectivity index (χ4n) is 2.77. The summed E-state index contributed by atoms with van der Waals surface area (Å²) >= 11 is 0. The molecule has 0 spiro atoms. The van der Waals surface area contributed by atoms with Crippen LogP contribution in [0.5, 0.6) is 0 Å². The lowest BCUT2D eigenvalue weighted by Gasteiger charge is -2.29. The minimum Gasteiger partial charge on any atom is -0.454 e. The number of benzene rings is 1. The summed E-state index contributed by atoms with van der Waals surface area (Å²) in [4.78, 5) is 50.4. The van der Waals surface area contributed by atoms with Crippen LogP contribution in [0, 0.1) is 0 Å². The highest BCUT2D eigenvalue weighted by Gasteiger charge is 2.23. The molecule has 8 nitrogen and oxygen atoms in total. The number of ether oxygens (including phenoxy) is 1. The highest BCUT2D eigenvalue weighted by atomic mass is 16.5. The van der Waals surface area contributed by atoms with Crippen molar-refractivity contribution in [3.8, 4) is 0 Å². The molecule has 0 bridgehead atoms. The zero-order chi connectivity index (χ0) is 17.8. The van der Waals surface area contributed by atoms with E-state index in [0.29, 0.717) is 6.54 Å². The third-order valence-corrected chi connectivity index (χ3v) is 3.96. The van der Waals surface area contributed by atoms with Crippen LogP contribution in [0.2, 0.25) is 0 Å². The van der Waals surface area contributed by atoms with E-state index >= 15 is 0 Å². The Hall–Kier alpha value is -3.16. The van der Waals surface area contributed by atoms with E-state index in [0.717, 1.165) is 34.7 Å². The third-order valence-electron chi connectivity index (χ3n) is 3.96. The molecule has 8 heteroatoms. The Balaban J connectivity index is 1.60.